The summed E-state index contributed by atoms with van der Waals surface area (Å²) < 4.78 is 1.92. The fourth-order valence-corrected chi connectivity index (χ4v) is 0.956. The maximum atomic E-state index is 8.45. The largest absolute Gasteiger partial charge is 0.516 e. The van der Waals surface area contributed by atoms with E-state index in [1.165, 1.54) is 0 Å². The lowest BCUT2D eigenvalue weighted by atomic mass is 10.4. The minimum Gasteiger partial charge on any atom is -0.516 e. The second-order valence-electron chi connectivity index (χ2n) is 2.32. The van der Waals surface area contributed by atoms with E-state index >= 15 is 0 Å². The highest BCUT2D eigenvalue weighted by atomic mass is 16.2. The van der Waals surface area contributed by atoms with Gasteiger partial charge in [0, 0.05) is 25.0 Å². The molecular formula is C9H12N2O. The molecule has 0 radical (unpaired) electrons. The standard InChI is InChI=1S/C9H12N2O/c1-2-6-11-7-5-10-9(11)4-3-8-12/h2-3,5-8,12H,4H2,1H3. The van der Waals surface area contributed by atoms with Gasteiger partial charge in [-0.05, 0) is 13.0 Å². The molecule has 3 heteroatoms. The minimum atomic E-state index is 0.647. The van der Waals surface area contributed by atoms with Crippen LogP contribution in [0.1, 0.15) is 12.7 Å². The summed E-state index contributed by atoms with van der Waals surface area (Å²) in [4.78, 5) is 4.12. The Morgan fingerprint density at radius 3 is 3.17 bits per heavy atom. The van der Waals surface area contributed by atoms with E-state index in [9.17, 15) is 0 Å². The topological polar surface area (TPSA) is 38.0 Å². The minimum absolute atomic E-state index is 0.647. The molecule has 0 aromatic carbocycles. The molecule has 1 N–H and O–H groups in total. The first kappa shape index (κ1) is 8.59. The van der Waals surface area contributed by atoms with Gasteiger partial charge >= 0.3 is 0 Å². The van der Waals surface area contributed by atoms with Crippen molar-refractivity contribution in [1.82, 2.24) is 9.55 Å². The van der Waals surface area contributed by atoms with E-state index < -0.39 is 0 Å². The molecule has 0 unspecified atom stereocenters. The highest BCUT2D eigenvalue weighted by Crippen LogP contribution is 1.99. The SMILES string of the molecule is CC=Cn1ccnc1CC=CO. The van der Waals surface area contributed by atoms with Gasteiger partial charge in [0.1, 0.15) is 5.82 Å². The van der Waals surface area contributed by atoms with Gasteiger partial charge in [-0.3, -0.25) is 0 Å². The Labute approximate surface area is 71.7 Å². The predicted octanol–water partition coefficient (Wildman–Crippen LogP) is 1.99. The number of rotatable bonds is 3. The van der Waals surface area contributed by atoms with Gasteiger partial charge < -0.3 is 9.67 Å². The van der Waals surface area contributed by atoms with Crippen molar-refractivity contribution >= 4 is 6.20 Å². The van der Waals surface area contributed by atoms with Gasteiger partial charge in [-0.1, -0.05) is 6.08 Å². The van der Waals surface area contributed by atoms with Crippen LogP contribution in [0.2, 0.25) is 0 Å². The van der Waals surface area contributed by atoms with Crippen LogP contribution in [-0.2, 0) is 6.42 Å². The maximum Gasteiger partial charge on any atom is 0.116 e. The number of allylic oxidation sites excluding steroid dienone is 2. The van der Waals surface area contributed by atoms with Crippen LogP contribution in [0.15, 0.2) is 30.8 Å². The molecule has 0 aliphatic rings. The van der Waals surface area contributed by atoms with Gasteiger partial charge in [0.25, 0.3) is 0 Å². The van der Waals surface area contributed by atoms with Crippen LogP contribution in [-0.4, -0.2) is 14.7 Å². The summed E-state index contributed by atoms with van der Waals surface area (Å²) in [6.45, 7) is 1.95. The van der Waals surface area contributed by atoms with Gasteiger partial charge in [0.2, 0.25) is 0 Å². The van der Waals surface area contributed by atoms with E-state index in [0.29, 0.717) is 6.42 Å². The highest BCUT2D eigenvalue weighted by Gasteiger charge is 1.95. The average Bonchev–Trinajstić information content (AvgIpc) is 2.50. The van der Waals surface area contributed by atoms with Crippen molar-refractivity contribution in [2.45, 2.75) is 13.3 Å². The number of imidazole rings is 1. The summed E-state index contributed by atoms with van der Waals surface area (Å²) >= 11 is 0. The van der Waals surface area contributed by atoms with Crippen LogP contribution in [0.4, 0.5) is 0 Å². The van der Waals surface area contributed by atoms with Gasteiger partial charge in [-0.2, -0.15) is 0 Å². The van der Waals surface area contributed by atoms with Crippen molar-refractivity contribution in [2.24, 2.45) is 0 Å². The summed E-state index contributed by atoms with van der Waals surface area (Å²) in [6.07, 6.45) is 10.8. The number of hydrogen-bond donors (Lipinski definition) is 1. The molecule has 0 aliphatic heterocycles. The monoisotopic (exact) mass is 164 g/mol. The molecule has 1 heterocycles. The Kier molecular flexibility index (Phi) is 3.14. The number of aliphatic hydroxyl groups excluding tert-OH is 1. The number of hydrogen-bond acceptors (Lipinski definition) is 2. The zero-order valence-electron chi connectivity index (χ0n) is 7.01. The maximum absolute atomic E-state index is 8.45. The molecule has 0 bridgehead atoms. The van der Waals surface area contributed by atoms with Gasteiger partial charge in [0.05, 0.1) is 6.26 Å². The van der Waals surface area contributed by atoms with Crippen LogP contribution in [0, 0.1) is 0 Å². The van der Waals surface area contributed by atoms with E-state index in [0.717, 1.165) is 12.1 Å². The molecule has 1 aromatic rings. The lowest BCUT2D eigenvalue weighted by molar-refractivity contribution is 0.471. The van der Waals surface area contributed by atoms with E-state index in [1.807, 2.05) is 30.0 Å². The van der Waals surface area contributed by atoms with Crippen LogP contribution in [0.5, 0.6) is 0 Å². The van der Waals surface area contributed by atoms with Gasteiger partial charge in [-0.15, -0.1) is 0 Å². The van der Waals surface area contributed by atoms with Crippen molar-refractivity contribution in [1.29, 1.82) is 0 Å². The molecule has 0 saturated carbocycles. The van der Waals surface area contributed by atoms with E-state index in [4.69, 9.17) is 5.11 Å². The molecule has 0 saturated heterocycles. The summed E-state index contributed by atoms with van der Waals surface area (Å²) in [5.41, 5.74) is 0. The van der Waals surface area contributed by atoms with E-state index in [1.54, 1.807) is 12.3 Å². The molecule has 0 spiro atoms. The number of nitrogens with zero attached hydrogens (tertiary/aromatic N) is 2. The number of aromatic nitrogens is 2. The zero-order chi connectivity index (χ0) is 8.81. The fraction of sp³-hybridized carbons (Fsp3) is 0.222. The first-order valence-electron chi connectivity index (χ1n) is 3.82. The quantitative estimate of drug-likeness (QED) is 0.694. The van der Waals surface area contributed by atoms with Crippen LogP contribution < -0.4 is 0 Å². The van der Waals surface area contributed by atoms with E-state index in [2.05, 4.69) is 4.98 Å². The van der Waals surface area contributed by atoms with Gasteiger partial charge in [0.15, 0.2) is 0 Å². The molecular weight excluding hydrogens is 152 g/mol. The molecule has 1 rings (SSSR count). The fourth-order valence-electron chi connectivity index (χ4n) is 0.956. The Hall–Kier alpha value is -1.51. The molecule has 0 atom stereocenters. The third-order valence-corrected chi connectivity index (χ3v) is 1.46. The lowest BCUT2D eigenvalue weighted by Crippen LogP contribution is -1.93. The second-order valence-corrected chi connectivity index (χ2v) is 2.32. The van der Waals surface area contributed by atoms with Crippen LogP contribution >= 0.6 is 0 Å². The normalized spacial score (nSPS) is 11.8. The van der Waals surface area contributed by atoms with Crippen molar-refractivity contribution in [2.75, 3.05) is 0 Å². The van der Waals surface area contributed by atoms with Crippen LogP contribution in [0.25, 0.3) is 6.20 Å². The zero-order valence-corrected chi connectivity index (χ0v) is 7.01. The third kappa shape index (κ3) is 1.99. The molecule has 0 fully saturated rings. The first-order valence-corrected chi connectivity index (χ1v) is 3.82. The van der Waals surface area contributed by atoms with Crippen molar-refractivity contribution in [3.63, 3.8) is 0 Å². The number of aliphatic hydroxyl groups is 1. The third-order valence-electron chi connectivity index (χ3n) is 1.46. The Morgan fingerprint density at radius 1 is 1.67 bits per heavy atom. The summed E-state index contributed by atoms with van der Waals surface area (Å²) in [6, 6.07) is 0. The van der Waals surface area contributed by atoms with E-state index in [-0.39, 0.29) is 0 Å². The summed E-state index contributed by atoms with van der Waals surface area (Å²) in [5.74, 6) is 0.915. The Bertz CT molecular complexity index is 286. The van der Waals surface area contributed by atoms with Crippen molar-refractivity contribution in [3.05, 3.63) is 36.6 Å². The van der Waals surface area contributed by atoms with Crippen molar-refractivity contribution < 1.29 is 5.11 Å². The summed E-state index contributed by atoms with van der Waals surface area (Å²) in [7, 11) is 0. The molecule has 0 amide bonds. The summed E-state index contributed by atoms with van der Waals surface area (Å²) in [5, 5.41) is 8.45. The first-order chi connectivity index (χ1) is 5.88. The second kappa shape index (κ2) is 4.38. The van der Waals surface area contributed by atoms with Crippen molar-refractivity contribution in [3.8, 4) is 0 Å². The highest BCUT2D eigenvalue weighted by molar-refractivity contribution is 5.24. The molecule has 64 valence electrons. The predicted molar refractivity (Wildman–Crippen MR) is 48.7 cm³/mol. The lowest BCUT2D eigenvalue weighted by Gasteiger charge is -1.96. The Balaban J connectivity index is 2.76. The van der Waals surface area contributed by atoms with Gasteiger partial charge in [-0.25, -0.2) is 4.98 Å². The smallest absolute Gasteiger partial charge is 0.116 e. The molecule has 12 heavy (non-hydrogen) atoms. The van der Waals surface area contributed by atoms with Crippen LogP contribution in [0.3, 0.4) is 0 Å². The Morgan fingerprint density at radius 2 is 2.50 bits per heavy atom. The molecule has 3 nitrogen and oxygen atoms in total. The molecule has 0 aliphatic carbocycles. The average molecular weight is 164 g/mol. The molecule has 1 aromatic heterocycles.